The van der Waals surface area contributed by atoms with Gasteiger partial charge in [0.25, 0.3) is 11.8 Å². The van der Waals surface area contributed by atoms with Crippen molar-refractivity contribution in [2.75, 3.05) is 18.4 Å². The molecule has 5 nitrogen and oxygen atoms in total. The van der Waals surface area contributed by atoms with E-state index >= 15 is 0 Å². The molecule has 4 rings (SSSR count). The lowest BCUT2D eigenvalue weighted by molar-refractivity contribution is 0.0903. The van der Waals surface area contributed by atoms with Crippen molar-refractivity contribution in [3.63, 3.8) is 0 Å². The van der Waals surface area contributed by atoms with Crippen LogP contribution in [0.3, 0.4) is 0 Å². The van der Waals surface area contributed by atoms with E-state index in [1.54, 1.807) is 6.07 Å². The minimum Gasteiger partial charge on any atom is -0.347 e. The first-order valence-corrected chi connectivity index (χ1v) is 12.0. The summed E-state index contributed by atoms with van der Waals surface area (Å²) in [7, 11) is 0. The van der Waals surface area contributed by atoms with Gasteiger partial charge in [0.05, 0.1) is 20.5 Å². The summed E-state index contributed by atoms with van der Waals surface area (Å²) in [6.07, 6.45) is 1.97. The van der Waals surface area contributed by atoms with Crippen LogP contribution in [0.5, 0.6) is 0 Å². The number of aryl methyl sites for hydroxylation is 1. The number of benzene rings is 2. The van der Waals surface area contributed by atoms with Gasteiger partial charge in [-0.15, -0.1) is 11.3 Å². The van der Waals surface area contributed by atoms with Crippen molar-refractivity contribution >= 4 is 39.8 Å². The average molecular weight is 486 g/mol. The number of thiophene rings is 1. The largest absolute Gasteiger partial charge is 0.347 e. The molecule has 0 aliphatic carbocycles. The number of carbonyl (C=O) groups is 2. The minimum absolute atomic E-state index is 0.0381. The molecule has 2 N–H and O–H groups in total. The van der Waals surface area contributed by atoms with E-state index in [1.807, 2.05) is 25.1 Å². The number of hydrogen-bond acceptors (Lipinski definition) is 4. The second-order valence-electron chi connectivity index (χ2n) is 8.23. The monoisotopic (exact) mass is 485 g/mol. The fourth-order valence-electron chi connectivity index (χ4n) is 4.03. The maximum absolute atomic E-state index is 13.2. The number of rotatable bonds is 6. The van der Waals surface area contributed by atoms with Gasteiger partial charge in [0.2, 0.25) is 0 Å². The van der Waals surface area contributed by atoms with Gasteiger partial charge < -0.3 is 10.6 Å². The first kappa shape index (κ1) is 23.4. The Morgan fingerprint density at radius 3 is 2.70 bits per heavy atom. The molecule has 3 aromatic rings. The maximum Gasteiger partial charge on any atom is 0.261 e. The van der Waals surface area contributed by atoms with E-state index < -0.39 is 11.7 Å². The maximum atomic E-state index is 13.2. The number of nitrogens with one attached hydrogen (secondary N) is 2. The third-order valence-electron chi connectivity index (χ3n) is 5.63. The SMILES string of the molecule is Cc1cc(NC(=O)c2ccc(F)cc2Cl)sc1C(=O)NC1CCCN(Cc2ccccc2)C1. The number of carbonyl (C=O) groups excluding carboxylic acids is 2. The summed E-state index contributed by atoms with van der Waals surface area (Å²) in [6, 6.07) is 15.8. The summed E-state index contributed by atoms with van der Waals surface area (Å²) >= 11 is 7.20. The van der Waals surface area contributed by atoms with Gasteiger partial charge in [0.15, 0.2) is 0 Å². The zero-order valence-corrected chi connectivity index (χ0v) is 19.8. The first-order valence-electron chi connectivity index (χ1n) is 10.8. The highest BCUT2D eigenvalue weighted by atomic mass is 35.5. The van der Waals surface area contributed by atoms with Crippen molar-refractivity contribution in [2.24, 2.45) is 0 Å². The van der Waals surface area contributed by atoms with Crippen LogP contribution in [0.25, 0.3) is 0 Å². The van der Waals surface area contributed by atoms with Gasteiger partial charge >= 0.3 is 0 Å². The van der Waals surface area contributed by atoms with Crippen LogP contribution in [-0.4, -0.2) is 35.8 Å². The minimum atomic E-state index is -0.507. The molecule has 172 valence electrons. The molecule has 0 bridgehead atoms. The summed E-state index contributed by atoms with van der Waals surface area (Å²) in [4.78, 5) is 28.4. The van der Waals surface area contributed by atoms with Crippen molar-refractivity contribution in [3.05, 3.63) is 87.0 Å². The number of likely N-dealkylation sites (tertiary alicyclic amines) is 1. The van der Waals surface area contributed by atoms with Gasteiger partial charge in [-0.05, 0) is 61.7 Å². The number of halogens is 2. The predicted molar refractivity (Wildman–Crippen MR) is 131 cm³/mol. The number of nitrogens with zero attached hydrogens (tertiary/aromatic N) is 1. The molecule has 1 aromatic heterocycles. The summed E-state index contributed by atoms with van der Waals surface area (Å²) in [6.45, 7) is 4.53. The Kier molecular flexibility index (Phi) is 7.42. The molecule has 2 amide bonds. The molecule has 2 heterocycles. The highest BCUT2D eigenvalue weighted by Gasteiger charge is 2.24. The molecule has 1 unspecified atom stereocenters. The van der Waals surface area contributed by atoms with Gasteiger partial charge in [-0.2, -0.15) is 0 Å². The van der Waals surface area contributed by atoms with E-state index in [4.69, 9.17) is 11.6 Å². The molecular weight excluding hydrogens is 461 g/mol. The van der Waals surface area contributed by atoms with Crippen LogP contribution >= 0.6 is 22.9 Å². The molecular formula is C25H25ClFN3O2S. The number of amides is 2. The molecule has 1 aliphatic rings. The molecule has 1 fully saturated rings. The zero-order valence-electron chi connectivity index (χ0n) is 18.2. The number of piperidine rings is 1. The Morgan fingerprint density at radius 2 is 1.94 bits per heavy atom. The predicted octanol–water partition coefficient (Wildman–Crippen LogP) is 5.50. The second-order valence-corrected chi connectivity index (χ2v) is 9.69. The molecule has 1 saturated heterocycles. The molecule has 1 atom stereocenters. The standard InChI is InChI=1S/C25H25ClFN3O2S/c1-16-12-22(29-24(31)20-10-9-18(27)13-21(20)26)33-23(16)25(32)28-19-8-5-11-30(15-19)14-17-6-3-2-4-7-17/h2-4,6-7,9-10,12-13,19H,5,8,11,14-15H2,1H3,(H,28,32)(H,29,31). The van der Waals surface area contributed by atoms with Gasteiger partial charge in [0.1, 0.15) is 5.82 Å². The van der Waals surface area contributed by atoms with Crippen LogP contribution in [0.1, 0.15) is 44.0 Å². The Hall–Kier alpha value is -2.74. The lowest BCUT2D eigenvalue weighted by atomic mass is 10.0. The van der Waals surface area contributed by atoms with Crippen molar-refractivity contribution in [3.8, 4) is 0 Å². The smallest absolute Gasteiger partial charge is 0.261 e. The highest BCUT2D eigenvalue weighted by Crippen LogP contribution is 2.28. The summed E-state index contributed by atoms with van der Waals surface area (Å²) in [5, 5.41) is 6.49. The van der Waals surface area contributed by atoms with E-state index in [0.717, 1.165) is 44.1 Å². The fourth-order valence-corrected chi connectivity index (χ4v) is 5.26. The normalized spacial score (nSPS) is 16.4. The number of hydrogen-bond donors (Lipinski definition) is 2. The molecule has 0 radical (unpaired) electrons. The van der Waals surface area contributed by atoms with Crippen molar-refractivity contribution in [2.45, 2.75) is 32.4 Å². The molecule has 2 aromatic carbocycles. The van der Waals surface area contributed by atoms with Crippen molar-refractivity contribution < 1.29 is 14.0 Å². The molecule has 0 saturated carbocycles. The Balaban J connectivity index is 1.37. The van der Waals surface area contributed by atoms with Crippen LogP contribution in [0.2, 0.25) is 5.02 Å². The Labute approximate surface area is 201 Å². The van der Waals surface area contributed by atoms with E-state index in [9.17, 15) is 14.0 Å². The Bertz CT molecular complexity index is 1150. The van der Waals surface area contributed by atoms with Crippen molar-refractivity contribution in [1.82, 2.24) is 10.2 Å². The average Bonchev–Trinajstić information content (AvgIpc) is 3.14. The molecule has 0 spiro atoms. The lowest BCUT2D eigenvalue weighted by Crippen LogP contribution is -2.47. The van der Waals surface area contributed by atoms with E-state index in [-0.39, 0.29) is 22.5 Å². The quantitative estimate of drug-likeness (QED) is 0.485. The highest BCUT2D eigenvalue weighted by molar-refractivity contribution is 7.18. The zero-order chi connectivity index (χ0) is 23.4. The van der Waals surface area contributed by atoms with Gasteiger partial charge in [-0.3, -0.25) is 14.5 Å². The van der Waals surface area contributed by atoms with Gasteiger partial charge in [-0.1, -0.05) is 41.9 Å². The Morgan fingerprint density at radius 1 is 1.15 bits per heavy atom. The topological polar surface area (TPSA) is 61.4 Å². The summed E-state index contributed by atoms with van der Waals surface area (Å²) in [5.41, 5.74) is 2.23. The molecule has 33 heavy (non-hydrogen) atoms. The van der Waals surface area contributed by atoms with Crippen LogP contribution in [0, 0.1) is 12.7 Å². The van der Waals surface area contributed by atoms with Crippen LogP contribution in [-0.2, 0) is 6.54 Å². The molecule has 8 heteroatoms. The molecule has 1 aliphatic heterocycles. The fraction of sp³-hybridized carbons (Fsp3) is 0.280. The van der Waals surface area contributed by atoms with E-state index in [2.05, 4.69) is 27.7 Å². The van der Waals surface area contributed by atoms with Crippen LogP contribution in [0.4, 0.5) is 9.39 Å². The van der Waals surface area contributed by atoms with Gasteiger partial charge in [0, 0.05) is 19.1 Å². The van der Waals surface area contributed by atoms with Crippen LogP contribution in [0.15, 0.2) is 54.6 Å². The third-order valence-corrected chi connectivity index (χ3v) is 7.09. The van der Waals surface area contributed by atoms with E-state index in [1.165, 1.54) is 29.0 Å². The number of anilines is 1. The second kappa shape index (κ2) is 10.5. The first-order chi connectivity index (χ1) is 15.9. The summed E-state index contributed by atoms with van der Waals surface area (Å²) in [5.74, 6) is -1.09. The van der Waals surface area contributed by atoms with E-state index in [0.29, 0.717) is 9.88 Å². The van der Waals surface area contributed by atoms with Gasteiger partial charge in [-0.25, -0.2) is 4.39 Å². The lowest BCUT2D eigenvalue weighted by Gasteiger charge is -2.33. The van der Waals surface area contributed by atoms with Crippen LogP contribution < -0.4 is 10.6 Å². The summed E-state index contributed by atoms with van der Waals surface area (Å²) < 4.78 is 13.2. The van der Waals surface area contributed by atoms with Crippen molar-refractivity contribution in [1.29, 1.82) is 0 Å². The third kappa shape index (κ3) is 5.99.